The number of hydrogen-bond donors (Lipinski definition) is 1. The maximum Gasteiger partial charge on any atom is 0.272 e. The van der Waals surface area contributed by atoms with Crippen molar-refractivity contribution in [2.24, 2.45) is 0 Å². The molecule has 3 aromatic rings. The Labute approximate surface area is 181 Å². The number of aromatic nitrogens is 6. The SMILES string of the molecule is CSc1ncc(Cl)c(C(=O)NC2(C)CCCn3c2nc(-c2ccncn2)cc3=O)n1. The molecule has 0 radical (unpaired) electrons. The lowest BCUT2D eigenvalue weighted by Crippen LogP contribution is -2.50. The van der Waals surface area contributed by atoms with E-state index in [9.17, 15) is 9.59 Å². The molecule has 0 fully saturated rings. The Morgan fingerprint density at radius 1 is 1.30 bits per heavy atom. The maximum absolute atomic E-state index is 13.0. The van der Waals surface area contributed by atoms with Gasteiger partial charge in [-0.1, -0.05) is 23.4 Å². The standard InChI is InChI=1S/C19H18ClN7O2S/c1-19(26-16(29)15-11(20)9-22-18(25-15)30-2)5-3-7-27-14(28)8-13(24-17(19)27)12-4-6-21-10-23-12/h4,6,8-10H,3,5,7H2,1-2H3,(H,26,29). The molecular formula is C19H18ClN7O2S. The van der Waals surface area contributed by atoms with E-state index in [0.29, 0.717) is 41.8 Å². The number of carbonyl (C=O) groups is 1. The van der Waals surface area contributed by atoms with Crippen molar-refractivity contribution in [2.45, 2.75) is 37.0 Å². The quantitative estimate of drug-likeness (QED) is 0.482. The molecule has 1 unspecified atom stereocenters. The largest absolute Gasteiger partial charge is 0.338 e. The normalized spacial score (nSPS) is 18.0. The minimum atomic E-state index is -0.884. The van der Waals surface area contributed by atoms with Crippen LogP contribution in [-0.2, 0) is 12.1 Å². The molecule has 30 heavy (non-hydrogen) atoms. The second-order valence-electron chi connectivity index (χ2n) is 6.99. The Hall–Kier alpha value is -2.85. The van der Waals surface area contributed by atoms with E-state index in [-0.39, 0.29) is 16.3 Å². The fraction of sp³-hybridized carbons (Fsp3) is 0.316. The predicted molar refractivity (Wildman–Crippen MR) is 112 cm³/mol. The van der Waals surface area contributed by atoms with Crippen molar-refractivity contribution < 1.29 is 4.79 Å². The molecule has 4 rings (SSSR count). The summed E-state index contributed by atoms with van der Waals surface area (Å²) in [6.07, 6.45) is 7.53. The number of nitrogens with one attached hydrogen (secondary N) is 1. The minimum absolute atomic E-state index is 0.0867. The summed E-state index contributed by atoms with van der Waals surface area (Å²) in [6.45, 7) is 2.37. The second kappa shape index (κ2) is 8.11. The lowest BCUT2D eigenvalue weighted by molar-refractivity contribution is 0.0874. The van der Waals surface area contributed by atoms with Crippen molar-refractivity contribution in [1.29, 1.82) is 0 Å². The minimum Gasteiger partial charge on any atom is -0.338 e. The van der Waals surface area contributed by atoms with E-state index >= 15 is 0 Å². The summed E-state index contributed by atoms with van der Waals surface area (Å²) in [4.78, 5) is 46.9. The molecule has 1 aliphatic heterocycles. The van der Waals surface area contributed by atoms with Gasteiger partial charge in [-0.15, -0.1) is 0 Å². The highest BCUT2D eigenvalue weighted by molar-refractivity contribution is 7.98. The van der Waals surface area contributed by atoms with Crippen molar-refractivity contribution in [3.05, 3.63) is 57.7 Å². The molecule has 0 saturated heterocycles. The van der Waals surface area contributed by atoms with E-state index in [1.54, 1.807) is 16.8 Å². The molecule has 154 valence electrons. The Morgan fingerprint density at radius 3 is 2.87 bits per heavy atom. The number of thioether (sulfide) groups is 1. The third-order valence-corrected chi connectivity index (χ3v) is 5.75. The number of rotatable bonds is 4. The van der Waals surface area contributed by atoms with Gasteiger partial charge in [-0.25, -0.2) is 24.9 Å². The summed E-state index contributed by atoms with van der Waals surface area (Å²) in [5, 5.41) is 3.59. The van der Waals surface area contributed by atoms with Gasteiger partial charge >= 0.3 is 0 Å². The fourth-order valence-corrected chi connectivity index (χ4v) is 3.97. The molecule has 11 heteroatoms. The molecule has 0 bridgehead atoms. The molecule has 1 atom stereocenters. The average Bonchev–Trinajstić information content (AvgIpc) is 2.75. The first-order chi connectivity index (χ1) is 14.4. The third-order valence-electron chi connectivity index (χ3n) is 4.91. The smallest absolute Gasteiger partial charge is 0.272 e. The van der Waals surface area contributed by atoms with E-state index in [0.717, 1.165) is 0 Å². The topological polar surface area (TPSA) is 116 Å². The molecule has 4 heterocycles. The van der Waals surface area contributed by atoms with E-state index < -0.39 is 11.4 Å². The zero-order chi connectivity index (χ0) is 21.3. The van der Waals surface area contributed by atoms with Crippen LogP contribution in [0.5, 0.6) is 0 Å². The molecule has 3 aromatic heterocycles. The average molecular weight is 444 g/mol. The van der Waals surface area contributed by atoms with E-state index in [4.69, 9.17) is 11.6 Å². The number of halogens is 1. The highest BCUT2D eigenvalue weighted by atomic mass is 35.5. The second-order valence-corrected chi connectivity index (χ2v) is 8.17. The number of fused-ring (bicyclic) bond motifs is 1. The van der Waals surface area contributed by atoms with Gasteiger partial charge < -0.3 is 5.32 Å². The van der Waals surface area contributed by atoms with Crippen LogP contribution in [0.4, 0.5) is 0 Å². The highest BCUT2D eigenvalue weighted by Gasteiger charge is 2.37. The number of carbonyl (C=O) groups excluding carboxylic acids is 1. The molecular weight excluding hydrogens is 426 g/mol. The van der Waals surface area contributed by atoms with Crippen LogP contribution in [0.2, 0.25) is 5.02 Å². The molecule has 0 aromatic carbocycles. The van der Waals surface area contributed by atoms with Crippen LogP contribution >= 0.6 is 23.4 Å². The first-order valence-corrected chi connectivity index (χ1v) is 10.8. The first kappa shape index (κ1) is 20.4. The van der Waals surface area contributed by atoms with Gasteiger partial charge in [-0.3, -0.25) is 14.2 Å². The van der Waals surface area contributed by atoms with Crippen LogP contribution in [0.3, 0.4) is 0 Å². The molecule has 1 N–H and O–H groups in total. The Bertz CT molecular complexity index is 1170. The van der Waals surface area contributed by atoms with Gasteiger partial charge in [-0.05, 0) is 32.1 Å². The van der Waals surface area contributed by atoms with Crippen molar-refractivity contribution >= 4 is 29.3 Å². The van der Waals surface area contributed by atoms with Crippen molar-refractivity contribution in [2.75, 3.05) is 6.26 Å². The van der Waals surface area contributed by atoms with E-state index in [1.807, 2.05) is 13.2 Å². The van der Waals surface area contributed by atoms with Crippen molar-refractivity contribution in [1.82, 2.24) is 34.8 Å². The maximum atomic E-state index is 13.0. The number of nitrogens with zero attached hydrogens (tertiary/aromatic N) is 6. The summed E-state index contributed by atoms with van der Waals surface area (Å²) in [7, 11) is 0. The lowest BCUT2D eigenvalue weighted by Gasteiger charge is -2.36. The summed E-state index contributed by atoms with van der Waals surface area (Å²) in [5.41, 5.74) is -0.0260. The van der Waals surface area contributed by atoms with Crippen LogP contribution in [0.1, 0.15) is 36.1 Å². The number of amides is 1. The van der Waals surface area contributed by atoms with Gasteiger partial charge in [0.25, 0.3) is 11.5 Å². The Kier molecular flexibility index (Phi) is 5.52. The van der Waals surface area contributed by atoms with E-state index in [2.05, 4.69) is 30.2 Å². The van der Waals surface area contributed by atoms with E-state index in [1.165, 1.54) is 30.4 Å². The first-order valence-electron chi connectivity index (χ1n) is 9.19. The Morgan fingerprint density at radius 2 is 2.13 bits per heavy atom. The Balaban J connectivity index is 1.75. The highest BCUT2D eigenvalue weighted by Crippen LogP contribution is 2.31. The number of hydrogen-bond acceptors (Lipinski definition) is 8. The molecule has 1 amide bonds. The van der Waals surface area contributed by atoms with Crippen LogP contribution in [0, 0.1) is 0 Å². The molecule has 0 saturated carbocycles. The van der Waals surface area contributed by atoms with Gasteiger partial charge in [0.15, 0.2) is 10.9 Å². The van der Waals surface area contributed by atoms with Crippen LogP contribution in [0.25, 0.3) is 11.4 Å². The monoisotopic (exact) mass is 443 g/mol. The summed E-state index contributed by atoms with van der Waals surface area (Å²) >= 11 is 7.48. The fourth-order valence-electron chi connectivity index (χ4n) is 3.46. The van der Waals surface area contributed by atoms with Crippen LogP contribution in [0.15, 0.2) is 40.8 Å². The molecule has 9 nitrogen and oxygen atoms in total. The third kappa shape index (κ3) is 3.80. The van der Waals surface area contributed by atoms with Crippen LogP contribution in [-0.4, -0.2) is 41.6 Å². The van der Waals surface area contributed by atoms with Gasteiger partial charge in [0.2, 0.25) is 0 Å². The summed E-state index contributed by atoms with van der Waals surface area (Å²) < 4.78 is 1.59. The molecule has 1 aliphatic rings. The predicted octanol–water partition coefficient (Wildman–Crippen LogP) is 2.30. The van der Waals surface area contributed by atoms with Crippen molar-refractivity contribution in [3.8, 4) is 11.4 Å². The summed E-state index contributed by atoms with van der Waals surface area (Å²) in [5.74, 6) is 0.0221. The van der Waals surface area contributed by atoms with Gasteiger partial charge in [0, 0.05) is 18.8 Å². The zero-order valence-corrected chi connectivity index (χ0v) is 17.9. The van der Waals surface area contributed by atoms with Gasteiger partial charge in [0.1, 0.15) is 12.2 Å². The van der Waals surface area contributed by atoms with Gasteiger partial charge in [0.05, 0.1) is 28.1 Å². The van der Waals surface area contributed by atoms with Crippen molar-refractivity contribution in [3.63, 3.8) is 0 Å². The molecule has 0 aliphatic carbocycles. The lowest BCUT2D eigenvalue weighted by atomic mass is 9.90. The van der Waals surface area contributed by atoms with Crippen LogP contribution < -0.4 is 10.9 Å². The molecule has 0 spiro atoms. The zero-order valence-electron chi connectivity index (χ0n) is 16.3. The van der Waals surface area contributed by atoms with Gasteiger partial charge in [-0.2, -0.15) is 0 Å². The summed E-state index contributed by atoms with van der Waals surface area (Å²) in [6, 6.07) is 3.13.